The predicted octanol–water partition coefficient (Wildman–Crippen LogP) is 1.96. The SMILES string of the molecule is NCC(NC(=O)C1CCCc2ccccc21)C1CC1. The molecule has 3 N–H and O–H groups in total. The number of hydrogen-bond donors (Lipinski definition) is 2. The van der Waals surface area contributed by atoms with Crippen LogP contribution in [0.25, 0.3) is 0 Å². The third-order valence-electron chi connectivity index (χ3n) is 4.46. The molecule has 0 aliphatic heterocycles. The Kier molecular flexibility index (Phi) is 3.56. The van der Waals surface area contributed by atoms with E-state index in [0.717, 1.165) is 19.3 Å². The van der Waals surface area contributed by atoms with Crippen LogP contribution in [-0.2, 0) is 11.2 Å². The fourth-order valence-corrected chi connectivity index (χ4v) is 3.18. The van der Waals surface area contributed by atoms with Crippen LogP contribution >= 0.6 is 0 Å². The molecule has 2 aliphatic carbocycles. The van der Waals surface area contributed by atoms with E-state index in [1.54, 1.807) is 0 Å². The summed E-state index contributed by atoms with van der Waals surface area (Å²) >= 11 is 0. The van der Waals surface area contributed by atoms with Gasteiger partial charge in [-0.25, -0.2) is 0 Å². The van der Waals surface area contributed by atoms with Crippen LogP contribution in [0.2, 0.25) is 0 Å². The lowest BCUT2D eigenvalue weighted by Crippen LogP contribution is -2.44. The molecule has 0 bridgehead atoms. The molecular weight excluding hydrogens is 236 g/mol. The van der Waals surface area contributed by atoms with Crippen molar-refractivity contribution in [1.29, 1.82) is 0 Å². The summed E-state index contributed by atoms with van der Waals surface area (Å²) in [5.41, 5.74) is 8.33. The number of benzene rings is 1. The number of hydrogen-bond acceptors (Lipinski definition) is 2. The smallest absolute Gasteiger partial charge is 0.227 e. The quantitative estimate of drug-likeness (QED) is 0.867. The molecule has 2 unspecified atom stereocenters. The van der Waals surface area contributed by atoms with Crippen molar-refractivity contribution < 1.29 is 4.79 Å². The highest BCUT2D eigenvalue weighted by Gasteiger charge is 2.34. The Hall–Kier alpha value is -1.35. The zero-order valence-electron chi connectivity index (χ0n) is 11.3. The summed E-state index contributed by atoms with van der Waals surface area (Å²) in [4.78, 5) is 12.5. The van der Waals surface area contributed by atoms with Crippen molar-refractivity contribution in [1.82, 2.24) is 5.32 Å². The fourth-order valence-electron chi connectivity index (χ4n) is 3.18. The lowest BCUT2D eigenvalue weighted by Gasteiger charge is -2.26. The minimum atomic E-state index is 0.0257. The van der Waals surface area contributed by atoms with Gasteiger partial charge in [-0.2, -0.15) is 0 Å². The Morgan fingerprint density at radius 2 is 2.11 bits per heavy atom. The molecule has 1 saturated carbocycles. The summed E-state index contributed by atoms with van der Waals surface area (Å²) in [6, 6.07) is 8.53. The molecule has 1 amide bonds. The van der Waals surface area contributed by atoms with E-state index in [9.17, 15) is 4.79 Å². The highest BCUT2D eigenvalue weighted by molar-refractivity contribution is 5.84. The van der Waals surface area contributed by atoms with Crippen LogP contribution in [0, 0.1) is 5.92 Å². The Morgan fingerprint density at radius 3 is 2.84 bits per heavy atom. The van der Waals surface area contributed by atoms with Crippen molar-refractivity contribution in [3.8, 4) is 0 Å². The second-order valence-electron chi connectivity index (χ2n) is 5.83. The highest BCUT2D eigenvalue weighted by Crippen LogP contribution is 2.34. The van der Waals surface area contributed by atoms with Gasteiger partial charge in [0.05, 0.1) is 5.92 Å². The Labute approximate surface area is 114 Å². The monoisotopic (exact) mass is 258 g/mol. The number of rotatable bonds is 4. The van der Waals surface area contributed by atoms with Crippen LogP contribution in [0.3, 0.4) is 0 Å². The van der Waals surface area contributed by atoms with Gasteiger partial charge in [-0.1, -0.05) is 24.3 Å². The van der Waals surface area contributed by atoms with E-state index in [1.807, 2.05) is 6.07 Å². The van der Waals surface area contributed by atoms with Crippen molar-refractivity contribution in [2.45, 2.75) is 44.1 Å². The van der Waals surface area contributed by atoms with Crippen LogP contribution in [0.15, 0.2) is 24.3 Å². The minimum Gasteiger partial charge on any atom is -0.351 e. The molecule has 1 aromatic rings. The topological polar surface area (TPSA) is 55.1 Å². The lowest BCUT2D eigenvalue weighted by atomic mass is 9.82. The maximum Gasteiger partial charge on any atom is 0.227 e. The van der Waals surface area contributed by atoms with Gasteiger partial charge in [0.2, 0.25) is 5.91 Å². The van der Waals surface area contributed by atoms with Gasteiger partial charge in [0, 0.05) is 12.6 Å². The fraction of sp³-hybridized carbons (Fsp3) is 0.562. The molecule has 2 aliphatic rings. The summed E-state index contributed by atoms with van der Waals surface area (Å²) in [5, 5.41) is 3.18. The number of nitrogens with two attached hydrogens (primary N) is 1. The van der Waals surface area contributed by atoms with E-state index in [2.05, 4.69) is 23.5 Å². The number of nitrogens with one attached hydrogen (secondary N) is 1. The zero-order valence-corrected chi connectivity index (χ0v) is 11.3. The number of carbonyl (C=O) groups is 1. The first-order chi connectivity index (χ1) is 9.29. The van der Waals surface area contributed by atoms with Crippen LogP contribution in [0.4, 0.5) is 0 Å². The van der Waals surface area contributed by atoms with Crippen molar-refractivity contribution in [3.05, 3.63) is 35.4 Å². The van der Waals surface area contributed by atoms with Gasteiger partial charge in [-0.3, -0.25) is 4.79 Å². The van der Waals surface area contributed by atoms with Crippen LogP contribution in [-0.4, -0.2) is 18.5 Å². The molecule has 2 atom stereocenters. The van der Waals surface area contributed by atoms with Gasteiger partial charge in [-0.15, -0.1) is 0 Å². The number of carbonyl (C=O) groups excluding carboxylic acids is 1. The number of fused-ring (bicyclic) bond motifs is 1. The van der Waals surface area contributed by atoms with Gasteiger partial charge >= 0.3 is 0 Å². The van der Waals surface area contributed by atoms with Crippen LogP contribution in [0.5, 0.6) is 0 Å². The molecule has 0 aromatic heterocycles. The van der Waals surface area contributed by atoms with E-state index in [-0.39, 0.29) is 17.9 Å². The largest absolute Gasteiger partial charge is 0.351 e. The molecule has 102 valence electrons. The molecule has 0 spiro atoms. The third-order valence-corrected chi connectivity index (χ3v) is 4.46. The minimum absolute atomic E-state index is 0.0257. The summed E-state index contributed by atoms with van der Waals surface area (Å²) in [5.74, 6) is 0.819. The number of amides is 1. The maximum atomic E-state index is 12.5. The van der Waals surface area contributed by atoms with Gasteiger partial charge < -0.3 is 11.1 Å². The summed E-state index contributed by atoms with van der Waals surface area (Å²) in [6.07, 6.45) is 5.59. The molecular formula is C16H22N2O. The standard InChI is InChI=1S/C16H22N2O/c17-10-15(12-8-9-12)18-16(19)14-7-3-5-11-4-1-2-6-13(11)14/h1-2,4,6,12,14-15H,3,5,7-10,17H2,(H,18,19). The first-order valence-corrected chi connectivity index (χ1v) is 7.38. The molecule has 0 radical (unpaired) electrons. The summed E-state index contributed by atoms with van der Waals surface area (Å²) < 4.78 is 0. The predicted molar refractivity (Wildman–Crippen MR) is 75.8 cm³/mol. The highest BCUT2D eigenvalue weighted by atomic mass is 16.2. The van der Waals surface area contributed by atoms with E-state index in [4.69, 9.17) is 5.73 Å². The molecule has 1 fully saturated rings. The first-order valence-electron chi connectivity index (χ1n) is 7.38. The van der Waals surface area contributed by atoms with E-state index in [1.165, 1.54) is 24.0 Å². The second kappa shape index (κ2) is 5.33. The van der Waals surface area contributed by atoms with Gasteiger partial charge in [0.1, 0.15) is 0 Å². The normalized spacial score (nSPS) is 23.5. The Morgan fingerprint density at radius 1 is 1.32 bits per heavy atom. The average Bonchev–Trinajstić information content (AvgIpc) is 3.28. The number of aryl methyl sites for hydroxylation is 1. The molecule has 1 aromatic carbocycles. The van der Waals surface area contributed by atoms with Crippen molar-refractivity contribution >= 4 is 5.91 Å². The molecule has 3 rings (SSSR count). The Balaban J connectivity index is 1.73. The van der Waals surface area contributed by atoms with Gasteiger partial charge in [0.15, 0.2) is 0 Å². The molecule has 3 heteroatoms. The molecule has 3 nitrogen and oxygen atoms in total. The maximum absolute atomic E-state index is 12.5. The van der Waals surface area contributed by atoms with Gasteiger partial charge in [0.25, 0.3) is 0 Å². The average molecular weight is 258 g/mol. The van der Waals surface area contributed by atoms with E-state index in [0.29, 0.717) is 12.5 Å². The molecule has 19 heavy (non-hydrogen) atoms. The van der Waals surface area contributed by atoms with Crippen molar-refractivity contribution in [2.75, 3.05) is 6.54 Å². The van der Waals surface area contributed by atoms with Gasteiger partial charge in [-0.05, 0) is 49.1 Å². The first kappa shape index (κ1) is 12.7. The second-order valence-corrected chi connectivity index (χ2v) is 5.83. The van der Waals surface area contributed by atoms with E-state index >= 15 is 0 Å². The Bertz CT molecular complexity index is 468. The van der Waals surface area contributed by atoms with E-state index < -0.39 is 0 Å². The lowest BCUT2D eigenvalue weighted by molar-refractivity contribution is -0.123. The molecule has 0 heterocycles. The van der Waals surface area contributed by atoms with Crippen molar-refractivity contribution in [3.63, 3.8) is 0 Å². The van der Waals surface area contributed by atoms with Crippen molar-refractivity contribution in [2.24, 2.45) is 11.7 Å². The third kappa shape index (κ3) is 2.66. The summed E-state index contributed by atoms with van der Waals surface area (Å²) in [7, 11) is 0. The van der Waals surface area contributed by atoms with Crippen LogP contribution in [0.1, 0.15) is 42.7 Å². The summed E-state index contributed by atoms with van der Waals surface area (Å²) in [6.45, 7) is 0.560. The van der Waals surface area contributed by atoms with Crippen LogP contribution < -0.4 is 11.1 Å². The zero-order chi connectivity index (χ0) is 13.2. The molecule has 0 saturated heterocycles.